The molecule has 0 spiro atoms. The second kappa shape index (κ2) is 9.50. The molecule has 0 atom stereocenters. The first-order valence-electron chi connectivity index (χ1n) is 11.4. The summed E-state index contributed by atoms with van der Waals surface area (Å²) in [6.07, 6.45) is -0.814. The van der Waals surface area contributed by atoms with E-state index in [4.69, 9.17) is 9.97 Å². The van der Waals surface area contributed by atoms with Crippen LogP contribution in [0.15, 0.2) is 59.5 Å². The second-order valence-corrected chi connectivity index (χ2v) is 10.4. The third kappa shape index (κ3) is 4.77. The molecule has 8 nitrogen and oxygen atoms in total. The van der Waals surface area contributed by atoms with Crippen LogP contribution in [0, 0.1) is 20.8 Å². The molecule has 0 bridgehead atoms. The van der Waals surface area contributed by atoms with Crippen LogP contribution in [0.4, 0.5) is 4.79 Å². The van der Waals surface area contributed by atoms with Crippen LogP contribution in [0.5, 0.6) is 0 Å². The summed E-state index contributed by atoms with van der Waals surface area (Å²) in [6, 6.07) is 15.6. The molecule has 4 aromatic rings. The zero-order valence-electron chi connectivity index (χ0n) is 20.1. The average molecular weight is 492 g/mol. The summed E-state index contributed by atoms with van der Waals surface area (Å²) in [6.45, 7) is 7.59. The van der Waals surface area contributed by atoms with Crippen LogP contribution in [0.2, 0.25) is 0 Å². The fourth-order valence-corrected chi connectivity index (χ4v) is 5.37. The summed E-state index contributed by atoms with van der Waals surface area (Å²) in [4.78, 5) is 21.1. The zero-order chi connectivity index (χ0) is 25.3. The van der Waals surface area contributed by atoms with Crippen LogP contribution < -0.4 is 5.11 Å². The van der Waals surface area contributed by atoms with Gasteiger partial charge in [0.15, 0.2) is 11.7 Å². The number of carboxylic acid groups (broad SMARTS) is 1. The fourth-order valence-electron chi connectivity index (χ4n) is 4.10. The second-order valence-electron chi connectivity index (χ2n) is 8.54. The van der Waals surface area contributed by atoms with Gasteiger partial charge in [-0.3, -0.25) is 8.87 Å². The number of aromatic nitrogens is 3. The predicted octanol–water partition coefficient (Wildman–Crippen LogP) is 3.48. The molecule has 0 fully saturated rings. The molecule has 0 aliphatic rings. The van der Waals surface area contributed by atoms with Crippen molar-refractivity contribution in [3.05, 3.63) is 82.8 Å². The van der Waals surface area contributed by atoms with Crippen molar-refractivity contribution < 1.29 is 18.3 Å². The number of hydrogen-bond donors (Lipinski definition) is 0. The van der Waals surface area contributed by atoms with Crippen molar-refractivity contribution in [1.29, 1.82) is 0 Å². The number of sulfonamides is 1. The van der Waals surface area contributed by atoms with Crippen LogP contribution >= 0.6 is 0 Å². The quantitative estimate of drug-likeness (QED) is 0.392. The molecule has 0 unspecified atom stereocenters. The zero-order valence-corrected chi connectivity index (χ0v) is 21.0. The highest BCUT2D eigenvalue weighted by atomic mass is 32.2. The van der Waals surface area contributed by atoms with Gasteiger partial charge in [-0.25, -0.2) is 18.4 Å². The summed E-state index contributed by atoms with van der Waals surface area (Å²) < 4.78 is 28.1. The van der Waals surface area contributed by atoms with E-state index in [2.05, 4.69) is 0 Å². The third-order valence-electron chi connectivity index (χ3n) is 5.93. The van der Waals surface area contributed by atoms with Crippen LogP contribution in [0.25, 0.3) is 16.9 Å². The standard InChI is InChI=1S/C26H28N4O4S/c1-5-23-28-24-18(3)16-19(4)27-25(24)30(23)21-10-8-20(9-11-21)14-15-29(26(31)32)35(33,34)22-12-6-17(2)7-13-22/h6-13,16H,5,14-15H2,1-4H3,(H,31,32)/p-1. The number of carbonyl (C=O) groups excluding carboxylic acids is 1. The minimum absolute atomic E-state index is 0.0835. The lowest BCUT2D eigenvalue weighted by atomic mass is 10.1. The summed E-state index contributed by atoms with van der Waals surface area (Å²) in [5.74, 6) is 0.890. The Morgan fingerprint density at radius 3 is 2.26 bits per heavy atom. The topological polar surface area (TPSA) is 108 Å². The summed E-state index contributed by atoms with van der Waals surface area (Å²) in [5, 5.41) is 11.7. The lowest BCUT2D eigenvalue weighted by molar-refractivity contribution is -0.259. The molecule has 182 valence electrons. The number of benzene rings is 2. The first-order chi connectivity index (χ1) is 16.6. The SMILES string of the molecule is CCc1nc2c(C)cc(C)nc2n1-c1ccc(CCN(C(=O)[O-])S(=O)(=O)c2ccc(C)cc2)cc1. The summed E-state index contributed by atoms with van der Waals surface area (Å²) in [7, 11) is -4.22. The van der Waals surface area contributed by atoms with E-state index in [9.17, 15) is 18.3 Å². The van der Waals surface area contributed by atoms with Crippen molar-refractivity contribution in [2.24, 2.45) is 0 Å². The lowest BCUT2D eigenvalue weighted by Gasteiger charge is -2.24. The van der Waals surface area contributed by atoms with Gasteiger partial charge in [-0.2, -0.15) is 0 Å². The van der Waals surface area contributed by atoms with E-state index in [1.807, 2.05) is 62.6 Å². The molecule has 9 heteroatoms. The monoisotopic (exact) mass is 491 g/mol. The Bertz CT molecular complexity index is 1490. The summed E-state index contributed by atoms with van der Waals surface area (Å²) >= 11 is 0. The minimum atomic E-state index is -4.22. The lowest BCUT2D eigenvalue weighted by Crippen LogP contribution is -2.45. The maximum atomic E-state index is 12.9. The van der Waals surface area contributed by atoms with Gasteiger partial charge in [0.1, 0.15) is 11.3 Å². The van der Waals surface area contributed by atoms with E-state index in [0.29, 0.717) is 4.31 Å². The average Bonchev–Trinajstić information content (AvgIpc) is 3.18. The van der Waals surface area contributed by atoms with E-state index in [-0.39, 0.29) is 17.9 Å². The number of nitrogens with zero attached hydrogens (tertiary/aromatic N) is 4. The van der Waals surface area contributed by atoms with Gasteiger partial charge < -0.3 is 9.90 Å². The van der Waals surface area contributed by atoms with Crippen molar-refractivity contribution in [3.63, 3.8) is 0 Å². The Kier molecular flexibility index (Phi) is 6.62. The van der Waals surface area contributed by atoms with Crippen LogP contribution in [0.3, 0.4) is 0 Å². The Balaban J connectivity index is 1.59. The van der Waals surface area contributed by atoms with Crippen molar-refractivity contribution in [1.82, 2.24) is 18.8 Å². The molecule has 0 radical (unpaired) electrons. The van der Waals surface area contributed by atoms with E-state index < -0.39 is 16.1 Å². The van der Waals surface area contributed by atoms with Gasteiger partial charge in [-0.1, -0.05) is 36.8 Å². The fraction of sp³-hybridized carbons (Fsp3) is 0.269. The largest absolute Gasteiger partial charge is 0.529 e. The van der Waals surface area contributed by atoms with Gasteiger partial charge >= 0.3 is 0 Å². The Morgan fingerprint density at radius 2 is 1.66 bits per heavy atom. The van der Waals surface area contributed by atoms with Crippen molar-refractivity contribution in [3.8, 4) is 5.69 Å². The molecule has 2 heterocycles. The van der Waals surface area contributed by atoms with Gasteiger partial charge in [0.05, 0.1) is 4.90 Å². The van der Waals surface area contributed by atoms with Gasteiger partial charge in [0.2, 0.25) is 0 Å². The Labute approximate surface area is 204 Å². The number of fused-ring (bicyclic) bond motifs is 1. The van der Waals surface area contributed by atoms with Crippen LogP contribution in [-0.4, -0.2) is 39.9 Å². The normalized spacial score (nSPS) is 11.7. The van der Waals surface area contributed by atoms with Crippen molar-refractivity contribution in [2.45, 2.75) is 45.4 Å². The Hall–Kier alpha value is -3.72. The molecule has 2 aromatic carbocycles. The molecule has 1 amide bonds. The molecule has 0 saturated carbocycles. The van der Waals surface area contributed by atoms with Gasteiger partial charge in [0, 0.05) is 24.3 Å². The molecule has 2 aromatic heterocycles. The molecular formula is C26H27N4O4S-. The van der Waals surface area contributed by atoms with Crippen LogP contribution in [0.1, 0.15) is 35.1 Å². The van der Waals surface area contributed by atoms with E-state index in [0.717, 1.165) is 51.5 Å². The number of rotatable bonds is 7. The Morgan fingerprint density at radius 1 is 1.00 bits per heavy atom. The highest BCUT2D eigenvalue weighted by Gasteiger charge is 2.24. The summed E-state index contributed by atoms with van der Waals surface area (Å²) in [5.41, 5.74) is 6.18. The van der Waals surface area contributed by atoms with Gasteiger partial charge in [-0.15, -0.1) is 0 Å². The van der Waals surface area contributed by atoms with Gasteiger partial charge in [0.25, 0.3) is 10.0 Å². The smallest absolute Gasteiger partial charge is 0.265 e. The number of pyridine rings is 1. The molecule has 35 heavy (non-hydrogen) atoms. The number of imidazole rings is 1. The maximum Gasteiger partial charge on any atom is 0.265 e. The minimum Gasteiger partial charge on any atom is -0.529 e. The van der Waals surface area contributed by atoms with E-state index >= 15 is 0 Å². The molecule has 0 N–H and O–H groups in total. The highest BCUT2D eigenvalue weighted by Crippen LogP contribution is 2.24. The third-order valence-corrected chi connectivity index (χ3v) is 7.71. The number of hydrogen-bond acceptors (Lipinski definition) is 6. The maximum absolute atomic E-state index is 12.9. The first kappa shape index (κ1) is 24.4. The number of carbonyl (C=O) groups is 1. The molecule has 0 aliphatic carbocycles. The van der Waals surface area contributed by atoms with Gasteiger partial charge in [-0.05, 0) is 68.7 Å². The van der Waals surface area contributed by atoms with E-state index in [1.54, 1.807) is 12.1 Å². The molecule has 0 saturated heterocycles. The van der Waals surface area contributed by atoms with Crippen LogP contribution in [-0.2, 0) is 22.9 Å². The number of amides is 1. The van der Waals surface area contributed by atoms with E-state index in [1.165, 1.54) is 12.1 Å². The highest BCUT2D eigenvalue weighted by molar-refractivity contribution is 7.89. The first-order valence-corrected chi connectivity index (χ1v) is 12.8. The van der Waals surface area contributed by atoms with Crippen molar-refractivity contribution in [2.75, 3.05) is 6.54 Å². The number of aryl methyl sites for hydroxylation is 4. The molecule has 0 aliphatic heterocycles. The van der Waals surface area contributed by atoms with Crippen molar-refractivity contribution >= 4 is 27.3 Å². The molecular weight excluding hydrogens is 464 g/mol. The predicted molar refractivity (Wildman–Crippen MR) is 132 cm³/mol. The molecule has 4 rings (SSSR count).